The SMILES string of the molecule is COC(=O)c1c(N)c(C#N)cn1-c1ccc(OC)c(C(=O)O)c1. The lowest BCUT2D eigenvalue weighted by Gasteiger charge is -2.11. The van der Waals surface area contributed by atoms with Gasteiger partial charge >= 0.3 is 11.9 Å². The maximum absolute atomic E-state index is 11.9. The Kier molecular flexibility index (Phi) is 4.23. The summed E-state index contributed by atoms with van der Waals surface area (Å²) in [7, 11) is 2.53. The summed E-state index contributed by atoms with van der Waals surface area (Å²) in [6, 6.07) is 6.17. The molecule has 0 amide bonds. The molecule has 2 aromatic rings. The number of rotatable bonds is 4. The summed E-state index contributed by atoms with van der Waals surface area (Å²) in [6.45, 7) is 0. The van der Waals surface area contributed by atoms with Gasteiger partial charge < -0.3 is 24.9 Å². The minimum Gasteiger partial charge on any atom is -0.496 e. The maximum atomic E-state index is 11.9. The van der Waals surface area contributed by atoms with E-state index in [1.807, 2.05) is 6.07 Å². The summed E-state index contributed by atoms with van der Waals surface area (Å²) >= 11 is 0. The van der Waals surface area contributed by atoms with Crippen molar-refractivity contribution in [3.8, 4) is 17.5 Å². The molecular weight excluding hydrogens is 302 g/mol. The fourth-order valence-electron chi connectivity index (χ4n) is 2.13. The number of aromatic carboxylic acids is 1. The van der Waals surface area contributed by atoms with Gasteiger partial charge in [0.1, 0.15) is 17.4 Å². The predicted octanol–water partition coefficient (Wildman–Crippen LogP) is 1.42. The standard InChI is InChI=1S/C15H13N3O5/c1-22-11-4-3-9(5-10(11)14(19)20)18-7-8(6-16)12(17)13(18)15(21)23-2/h3-5,7H,17H2,1-2H3,(H,19,20). The third kappa shape index (κ3) is 2.67. The molecule has 23 heavy (non-hydrogen) atoms. The van der Waals surface area contributed by atoms with Crippen molar-refractivity contribution >= 4 is 17.6 Å². The first kappa shape index (κ1) is 15.9. The number of nitrogen functional groups attached to an aromatic ring is 1. The Morgan fingerprint density at radius 2 is 2.04 bits per heavy atom. The van der Waals surface area contributed by atoms with Crippen LogP contribution in [0.15, 0.2) is 24.4 Å². The average molecular weight is 315 g/mol. The van der Waals surface area contributed by atoms with Crippen molar-refractivity contribution in [1.29, 1.82) is 5.26 Å². The molecule has 0 unspecified atom stereocenters. The van der Waals surface area contributed by atoms with Gasteiger partial charge in [0.05, 0.1) is 25.5 Å². The van der Waals surface area contributed by atoms with Crippen LogP contribution in [0.2, 0.25) is 0 Å². The van der Waals surface area contributed by atoms with Gasteiger partial charge in [0.2, 0.25) is 0 Å². The molecule has 0 aliphatic carbocycles. The smallest absolute Gasteiger partial charge is 0.357 e. The van der Waals surface area contributed by atoms with E-state index in [9.17, 15) is 14.7 Å². The van der Waals surface area contributed by atoms with E-state index in [0.717, 1.165) is 0 Å². The fourth-order valence-corrected chi connectivity index (χ4v) is 2.13. The van der Waals surface area contributed by atoms with Gasteiger partial charge in [0, 0.05) is 11.9 Å². The van der Waals surface area contributed by atoms with Crippen LogP contribution in [0.25, 0.3) is 5.69 Å². The minimum absolute atomic E-state index is 0.0351. The van der Waals surface area contributed by atoms with Crippen molar-refractivity contribution in [2.75, 3.05) is 20.0 Å². The van der Waals surface area contributed by atoms with Crippen LogP contribution < -0.4 is 10.5 Å². The number of carbonyl (C=O) groups excluding carboxylic acids is 1. The first-order valence-electron chi connectivity index (χ1n) is 6.35. The molecule has 0 fully saturated rings. The summed E-state index contributed by atoms with van der Waals surface area (Å²) in [5.74, 6) is -1.76. The quantitative estimate of drug-likeness (QED) is 0.816. The number of hydrogen-bond acceptors (Lipinski definition) is 6. The van der Waals surface area contributed by atoms with Gasteiger partial charge in [-0.15, -0.1) is 0 Å². The van der Waals surface area contributed by atoms with Gasteiger partial charge in [0.25, 0.3) is 0 Å². The maximum Gasteiger partial charge on any atom is 0.357 e. The minimum atomic E-state index is -1.19. The number of methoxy groups -OCH3 is 2. The second-order valence-corrected chi connectivity index (χ2v) is 4.47. The number of carboxylic acid groups (broad SMARTS) is 1. The monoisotopic (exact) mass is 315 g/mol. The Bertz CT molecular complexity index is 832. The molecular formula is C15H13N3O5. The highest BCUT2D eigenvalue weighted by Gasteiger charge is 2.22. The van der Waals surface area contributed by atoms with Gasteiger partial charge in [-0.25, -0.2) is 9.59 Å². The molecule has 0 saturated heterocycles. The third-order valence-electron chi connectivity index (χ3n) is 3.24. The Labute approximate surface area is 131 Å². The summed E-state index contributed by atoms with van der Waals surface area (Å²) in [6.07, 6.45) is 1.34. The molecule has 0 saturated carbocycles. The topological polar surface area (TPSA) is 128 Å². The largest absolute Gasteiger partial charge is 0.496 e. The van der Waals surface area contributed by atoms with Crippen LogP contribution in [-0.2, 0) is 4.74 Å². The normalized spacial score (nSPS) is 9.96. The zero-order valence-corrected chi connectivity index (χ0v) is 12.4. The summed E-state index contributed by atoms with van der Waals surface area (Å²) in [5, 5.41) is 18.3. The number of nitriles is 1. The number of ether oxygens (including phenoxy) is 2. The van der Waals surface area contributed by atoms with E-state index < -0.39 is 11.9 Å². The van der Waals surface area contributed by atoms with E-state index in [0.29, 0.717) is 5.69 Å². The van der Waals surface area contributed by atoms with E-state index in [-0.39, 0.29) is 28.3 Å². The van der Waals surface area contributed by atoms with Crippen LogP contribution in [0.4, 0.5) is 5.69 Å². The molecule has 1 aromatic carbocycles. The van der Waals surface area contributed by atoms with E-state index in [1.165, 1.54) is 43.2 Å². The Morgan fingerprint density at radius 1 is 1.35 bits per heavy atom. The molecule has 0 aliphatic heterocycles. The number of aromatic nitrogens is 1. The van der Waals surface area contributed by atoms with Gasteiger partial charge in [-0.2, -0.15) is 5.26 Å². The van der Waals surface area contributed by atoms with Gasteiger partial charge in [-0.1, -0.05) is 0 Å². The Balaban J connectivity index is 2.72. The van der Waals surface area contributed by atoms with Crippen molar-refractivity contribution in [1.82, 2.24) is 4.57 Å². The molecule has 0 atom stereocenters. The number of nitrogens with two attached hydrogens (primary N) is 1. The number of anilines is 1. The van der Waals surface area contributed by atoms with Gasteiger partial charge in [0.15, 0.2) is 5.69 Å². The predicted molar refractivity (Wildman–Crippen MR) is 79.7 cm³/mol. The highest BCUT2D eigenvalue weighted by molar-refractivity contribution is 5.96. The molecule has 118 valence electrons. The number of esters is 1. The fraction of sp³-hybridized carbons (Fsp3) is 0.133. The van der Waals surface area contributed by atoms with E-state index in [1.54, 1.807) is 0 Å². The van der Waals surface area contributed by atoms with Crippen molar-refractivity contribution in [2.45, 2.75) is 0 Å². The summed E-state index contributed by atoms with van der Waals surface area (Å²) in [5.41, 5.74) is 6.03. The van der Waals surface area contributed by atoms with Crippen LogP contribution in [0.5, 0.6) is 5.75 Å². The summed E-state index contributed by atoms with van der Waals surface area (Å²) < 4.78 is 11.0. The first-order chi connectivity index (χ1) is 10.9. The lowest BCUT2D eigenvalue weighted by molar-refractivity contribution is 0.0592. The van der Waals surface area contributed by atoms with Crippen LogP contribution >= 0.6 is 0 Å². The number of hydrogen-bond donors (Lipinski definition) is 2. The van der Waals surface area contributed by atoms with Crippen LogP contribution in [0, 0.1) is 11.3 Å². The molecule has 0 spiro atoms. The molecule has 1 heterocycles. The van der Waals surface area contributed by atoms with Crippen LogP contribution in [-0.4, -0.2) is 35.8 Å². The second kappa shape index (κ2) is 6.11. The highest BCUT2D eigenvalue weighted by Crippen LogP contribution is 2.28. The molecule has 0 aliphatic rings. The molecule has 3 N–H and O–H groups in total. The average Bonchev–Trinajstić information content (AvgIpc) is 2.90. The zero-order chi connectivity index (χ0) is 17.1. The zero-order valence-electron chi connectivity index (χ0n) is 12.4. The molecule has 8 heteroatoms. The highest BCUT2D eigenvalue weighted by atomic mass is 16.5. The molecule has 0 bridgehead atoms. The van der Waals surface area contributed by atoms with Crippen molar-refractivity contribution in [3.05, 3.63) is 41.2 Å². The van der Waals surface area contributed by atoms with E-state index in [4.69, 9.17) is 15.7 Å². The van der Waals surface area contributed by atoms with Gasteiger partial charge in [-0.3, -0.25) is 0 Å². The second-order valence-electron chi connectivity index (χ2n) is 4.47. The first-order valence-corrected chi connectivity index (χ1v) is 6.35. The van der Waals surface area contributed by atoms with Gasteiger partial charge in [-0.05, 0) is 18.2 Å². The van der Waals surface area contributed by atoms with Crippen LogP contribution in [0.3, 0.4) is 0 Å². The van der Waals surface area contributed by atoms with Crippen molar-refractivity contribution < 1.29 is 24.2 Å². The molecule has 0 radical (unpaired) electrons. The van der Waals surface area contributed by atoms with E-state index in [2.05, 4.69) is 4.74 Å². The lowest BCUT2D eigenvalue weighted by Crippen LogP contribution is -2.12. The number of carbonyl (C=O) groups is 2. The number of carboxylic acids is 1. The van der Waals surface area contributed by atoms with Crippen molar-refractivity contribution in [3.63, 3.8) is 0 Å². The third-order valence-corrected chi connectivity index (χ3v) is 3.24. The molecule has 8 nitrogen and oxygen atoms in total. The van der Waals surface area contributed by atoms with Crippen LogP contribution in [0.1, 0.15) is 26.4 Å². The molecule has 1 aromatic heterocycles. The lowest BCUT2D eigenvalue weighted by atomic mass is 10.1. The van der Waals surface area contributed by atoms with Crippen molar-refractivity contribution in [2.24, 2.45) is 0 Å². The number of nitrogens with zero attached hydrogens (tertiary/aromatic N) is 2. The van der Waals surface area contributed by atoms with E-state index >= 15 is 0 Å². The molecule has 2 rings (SSSR count). The Morgan fingerprint density at radius 3 is 2.57 bits per heavy atom. The number of benzene rings is 1. The Hall–Kier alpha value is -3.47. The summed E-state index contributed by atoms with van der Waals surface area (Å²) in [4.78, 5) is 23.2.